The molecule has 0 radical (unpaired) electrons. The molecule has 3 aromatic carbocycles. The zero-order valence-corrected chi connectivity index (χ0v) is 19.5. The monoisotopic (exact) mass is 543 g/mol. The second-order valence-corrected chi connectivity index (χ2v) is 7.98. The molecule has 0 saturated heterocycles. The van der Waals surface area contributed by atoms with Gasteiger partial charge in [-0.15, -0.1) is 0 Å². The maximum atomic E-state index is 12.4. The average molecular weight is 543 g/mol. The van der Waals surface area contributed by atoms with Gasteiger partial charge in [0.1, 0.15) is 12.3 Å². The first kappa shape index (κ1) is 23.3. The number of rotatable bonds is 9. The van der Waals surface area contributed by atoms with Crippen molar-refractivity contribution in [2.75, 3.05) is 6.61 Å². The van der Waals surface area contributed by atoms with E-state index in [1.807, 2.05) is 31.2 Å². The molecular weight excluding hydrogens is 521 g/mol. The number of nitrogens with one attached hydrogen (secondary N) is 1. The van der Waals surface area contributed by atoms with E-state index in [4.69, 9.17) is 9.47 Å². The smallest absolute Gasteiger partial charge is 0.352 e. The van der Waals surface area contributed by atoms with E-state index in [2.05, 4.69) is 27.9 Å². The highest BCUT2D eigenvalue weighted by Gasteiger charge is 2.14. The third-order valence-electron chi connectivity index (χ3n) is 4.40. The summed E-state index contributed by atoms with van der Waals surface area (Å²) >= 11 is 2.25. The molecule has 164 valence electrons. The summed E-state index contributed by atoms with van der Waals surface area (Å²) in [6, 6.07) is 21.6. The lowest BCUT2D eigenvalue weighted by Crippen LogP contribution is -2.27. The van der Waals surface area contributed by atoms with Gasteiger partial charge in [-0.3, -0.25) is 4.79 Å². The van der Waals surface area contributed by atoms with Crippen LogP contribution in [0.1, 0.15) is 28.4 Å². The van der Waals surface area contributed by atoms with Crippen LogP contribution in [0.15, 0.2) is 78.5 Å². The quantitative estimate of drug-likeness (QED) is 0.289. The highest BCUT2D eigenvalue weighted by molar-refractivity contribution is 14.1. The third-order valence-corrected chi connectivity index (χ3v) is 5.12. The fourth-order valence-corrected chi connectivity index (χ4v) is 3.21. The summed E-state index contributed by atoms with van der Waals surface area (Å²) < 4.78 is 12.7. The molecule has 0 spiro atoms. The Bertz CT molecular complexity index is 1110. The first-order valence-electron chi connectivity index (χ1n) is 9.91. The summed E-state index contributed by atoms with van der Waals surface area (Å²) in [4.78, 5) is 24.0. The van der Waals surface area contributed by atoms with E-state index in [-0.39, 0.29) is 5.70 Å². The Morgan fingerprint density at radius 1 is 0.969 bits per heavy atom. The minimum atomic E-state index is -1.24. The first-order valence-corrected chi connectivity index (χ1v) is 11.0. The molecule has 0 saturated carbocycles. The van der Waals surface area contributed by atoms with Crippen LogP contribution in [0.4, 0.5) is 0 Å². The fourth-order valence-electron chi connectivity index (χ4n) is 2.85. The molecule has 0 fully saturated rings. The minimum Gasteiger partial charge on any atom is -0.490 e. The van der Waals surface area contributed by atoms with Crippen molar-refractivity contribution in [1.82, 2.24) is 5.32 Å². The molecule has 0 bridgehead atoms. The van der Waals surface area contributed by atoms with Crippen LogP contribution in [-0.2, 0) is 11.4 Å². The average Bonchev–Trinajstić information content (AvgIpc) is 2.80. The molecule has 1 amide bonds. The topological polar surface area (TPSA) is 84.9 Å². The van der Waals surface area contributed by atoms with Gasteiger partial charge in [0.15, 0.2) is 11.5 Å². The van der Waals surface area contributed by atoms with Crippen LogP contribution in [0, 0.1) is 3.57 Å². The van der Waals surface area contributed by atoms with Gasteiger partial charge in [0.25, 0.3) is 5.91 Å². The van der Waals surface area contributed by atoms with Crippen LogP contribution in [0.5, 0.6) is 11.5 Å². The normalized spacial score (nSPS) is 11.0. The Morgan fingerprint density at radius 3 is 2.34 bits per heavy atom. The highest BCUT2D eigenvalue weighted by atomic mass is 127. The van der Waals surface area contributed by atoms with E-state index < -0.39 is 11.9 Å². The summed E-state index contributed by atoms with van der Waals surface area (Å²) in [5.74, 6) is -0.702. The summed E-state index contributed by atoms with van der Waals surface area (Å²) in [7, 11) is 0. The number of carboxylic acids is 1. The summed E-state index contributed by atoms with van der Waals surface area (Å²) in [6.07, 6.45) is 1.38. The maximum Gasteiger partial charge on any atom is 0.352 e. The van der Waals surface area contributed by atoms with Crippen molar-refractivity contribution >= 4 is 40.5 Å². The van der Waals surface area contributed by atoms with Crippen molar-refractivity contribution in [1.29, 1.82) is 0 Å². The predicted octanol–water partition coefficient (Wildman–Crippen LogP) is 5.12. The lowest BCUT2D eigenvalue weighted by molar-refractivity contribution is -0.132. The van der Waals surface area contributed by atoms with E-state index in [0.29, 0.717) is 35.8 Å². The van der Waals surface area contributed by atoms with E-state index in [1.54, 1.807) is 48.5 Å². The van der Waals surface area contributed by atoms with E-state index in [9.17, 15) is 14.7 Å². The predicted molar refractivity (Wildman–Crippen MR) is 131 cm³/mol. The van der Waals surface area contributed by atoms with E-state index in [1.165, 1.54) is 6.08 Å². The van der Waals surface area contributed by atoms with Gasteiger partial charge in [-0.1, -0.05) is 36.4 Å². The SMILES string of the molecule is CCOc1cc(C=C(NC(=O)c2ccccc2)C(=O)O)ccc1OCc1ccc(I)cc1. The van der Waals surface area contributed by atoms with Crippen LogP contribution >= 0.6 is 22.6 Å². The summed E-state index contributed by atoms with van der Waals surface area (Å²) in [5.41, 5.74) is 1.71. The maximum absolute atomic E-state index is 12.4. The minimum absolute atomic E-state index is 0.242. The van der Waals surface area contributed by atoms with Crippen molar-refractivity contribution < 1.29 is 24.2 Å². The number of carboxylic acid groups (broad SMARTS) is 1. The Balaban J connectivity index is 1.79. The molecule has 3 rings (SSSR count). The number of hydrogen-bond acceptors (Lipinski definition) is 4. The molecule has 6 nitrogen and oxygen atoms in total. The number of halogens is 1. The van der Waals surface area contributed by atoms with Crippen LogP contribution in [0.2, 0.25) is 0 Å². The number of aliphatic carboxylic acids is 1. The molecule has 7 heteroatoms. The standard InChI is InChI=1S/C25H22INO5/c1-2-31-23-15-18(10-13-22(23)32-16-17-8-11-20(26)12-9-17)14-21(25(29)30)27-24(28)19-6-4-3-5-7-19/h3-15H,2,16H2,1H3,(H,27,28)(H,29,30). The van der Waals surface area contributed by atoms with Crippen molar-refractivity contribution in [2.24, 2.45) is 0 Å². The molecular formula is C25H22INO5. The number of carbonyl (C=O) groups excluding carboxylic acids is 1. The Labute approximate surface area is 200 Å². The molecule has 0 unspecified atom stereocenters. The zero-order chi connectivity index (χ0) is 22.9. The van der Waals surface area contributed by atoms with E-state index >= 15 is 0 Å². The van der Waals surface area contributed by atoms with Gasteiger partial charge >= 0.3 is 5.97 Å². The molecule has 0 aromatic heterocycles. The number of benzene rings is 3. The van der Waals surface area contributed by atoms with E-state index in [0.717, 1.165) is 9.13 Å². The molecule has 2 N–H and O–H groups in total. The summed E-state index contributed by atoms with van der Waals surface area (Å²) in [5, 5.41) is 12.0. The second-order valence-electron chi connectivity index (χ2n) is 6.74. The number of carbonyl (C=O) groups is 2. The second kappa shape index (κ2) is 11.3. The molecule has 0 heterocycles. The van der Waals surface area contributed by atoms with Crippen molar-refractivity contribution in [3.63, 3.8) is 0 Å². The molecule has 3 aromatic rings. The van der Waals surface area contributed by atoms with Crippen LogP contribution < -0.4 is 14.8 Å². The lowest BCUT2D eigenvalue weighted by atomic mass is 10.1. The Morgan fingerprint density at radius 2 is 1.69 bits per heavy atom. The molecule has 0 aliphatic heterocycles. The van der Waals surface area contributed by atoms with Gasteiger partial charge in [0.2, 0.25) is 0 Å². The van der Waals surface area contributed by atoms with Gasteiger partial charge in [-0.05, 0) is 83.1 Å². The summed E-state index contributed by atoms with van der Waals surface area (Å²) in [6.45, 7) is 2.65. The molecule has 0 atom stereocenters. The fraction of sp³-hybridized carbons (Fsp3) is 0.120. The van der Waals surface area contributed by atoms with Crippen molar-refractivity contribution in [3.8, 4) is 11.5 Å². The highest BCUT2D eigenvalue weighted by Crippen LogP contribution is 2.30. The van der Waals surface area contributed by atoms with Crippen LogP contribution in [-0.4, -0.2) is 23.6 Å². The van der Waals surface area contributed by atoms with Gasteiger partial charge in [-0.25, -0.2) is 4.79 Å². The van der Waals surface area contributed by atoms with Gasteiger partial charge in [0, 0.05) is 9.13 Å². The first-order chi connectivity index (χ1) is 15.5. The third kappa shape index (κ3) is 6.58. The number of ether oxygens (including phenoxy) is 2. The van der Waals surface area contributed by atoms with Gasteiger partial charge in [0.05, 0.1) is 6.61 Å². The zero-order valence-electron chi connectivity index (χ0n) is 17.4. The molecule has 0 aliphatic carbocycles. The van der Waals surface area contributed by atoms with Crippen LogP contribution in [0.3, 0.4) is 0 Å². The van der Waals surface area contributed by atoms with Gasteiger partial charge < -0.3 is 19.9 Å². The van der Waals surface area contributed by atoms with Crippen molar-refractivity contribution in [2.45, 2.75) is 13.5 Å². The van der Waals surface area contributed by atoms with Crippen LogP contribution in [0.25, 0.3) is 6.08 Å². The van der Waals surface area contributed by atoms with Gasteiger partial charge in [-0.2, -0.15) is 0 Å². The van der Waals surface area contributed by atoms with Crippen molar-refractivity contribution in [3.05, 3.63) is 98.8 Å². The Hall–Kier alpha value is -3.33. The molecule has 32 heavy (non-hydrogen) atoms. The lowest BCUT2D eigenvalue weighted by Gasteiger charge is -2.13. The number of hydrogen-bond donors (Lipinski definition) is 2. The Kier molecular flexibility index (Phi) is 8.27. The molecule has 0 aliphatic rings. The number of amides is 1. The largest absolute Gasteiger partial charge is 0.490 e.